The van der Waals surface area contributed by atoms with Gasteiger partial charge in [-0.05, 0) is 48.6 Å². The summed E-state index contributed by atoms with van der Waals surface area (Å²) in [6, 6.07) is 9.70. The van der Waals surface area contributed by atoms with Crippen molar-refractivity contribution in [3.63, 3.8) is 0 Å². The molecule has 0 amide bonds. The molecular formula is C20H30. The van der Waals surface area contributed by atoms with Crippen molar-refractivity contribution in [2.24, 2.45) is 0 Å². The molecule has 0 N–H and O–H groups in total. The summed E-state index contributed by atoms with van der Waals surface area (Å²) >= 11 is 0. The van der Waals surface area contributed by atoms with Crippen LogP contribution in [0.1, 0.15) is 100 Å². The van der Waals surface area contributed by atoms with Gasteiger partial charge in [0.1, 0.15) is 0 Å². The third-order valence-electron chi connectivity index (χ3n) is 5.56. The lowest BCUT2D eigenvalue weighted by Crippen LogP contribution is -2.07. The van der Waals surface area contributed by atoms with Crippen LogP contribution in [0.3, 0.4) is 0 Å². The highest BCUT2D eigenvalue weighted by molar-refractivity contribution is 5.29. The van der Waals surface area contributed by atoms with E-state index < -0.39 is 0 Å². The van der Waals surface area contributed by atoms with Crippen molar-refractivity contribution in [1.29, 1.82) is 0 Å². The summed E-state index contributed by atoms with van der Waals surface area (Å²) in [6.45, 7) is 0. The third kappa shape index (κ3) is 3.65. The van der Waals surface area contributed by atoms with E-state index in [1.54, 1.807) is 11.1 Å². The predicted octanol–water partition coefficient (Wildman–Crippen LogP) is 6.56. The average molecular weight is 270 g/mol. The molecule has 0 atom stereocenters. The minimum absolute atomic E-state index is 0.846. The van der Waals surface area contributed by atoms with Gasteiger partial charge in [0.2, 0.25) is 0 Å². The Morgan fingerprint density at radius 3 is 1.45 bits per heavy atom. The lowest BCUT2D eigenvalue weighted by molar-refractivity contribution is 0.440. The number of benzene rings is 1. The minimum Gasteiger partial charge on any atom is -0.0617 e. The van der Waals surface area contributed by atoms with Crippen LogP contribution in [0.15, 0.2) is 24.3 Å². The Kier molecular flexibility index (Phi) is 5.17. The van der Waals surface area contributed by atoms with Crippen LogP contribution in [0.25, 0.3) is 0 Å². The first-order valence-corrected chi connectivity index (χ1v) is 9.03. The summed E-state index contributed by atoms with van der Waals surface area (Å²) in [5, 5.41) is 0. The number of hydrogen-bond donors (Lipinski definition) is 0. The van der Waals surface area contributed by atoms with Gasteiger partial charge in [0.15, 0.2) is 0 Å². The Bertz CT molecular complexity index is 392. The number of rotatable bonds is 2. The molecular weight excluding hydrogens is 240 g/mol. The fourth-order valence-electron chi connectivity index (χ4n) is 4.29. The Balaban J connectivity index is 1.71. The largest absolute Gasteiger partial charge is 0.0617 e. The molecule has 110 valence electrons. The molecule has 0 heteroatoms. The zero-order valence-electron chi connectivity index (χ0n) is 12.9. The van der Waals surface area contributed by atoms with E-state index in [2.05, 4.69) is 24.3 Å². The van der Waals surface area contributed by atoms with Crippen LogP contribution in [0.2, 0.25) is 0 Å². The first kappa shape index (κ1) is 14.2. The Hall–Kier alpha value is -0.780. The van der Waals surface area contributed by atoms with Crippen molar-refractivity contribution in [3.05, 3.63) is 35.4 Å². The van der Waals surface area contributed by atoms with Gasteiger partial charge in [0.25, 0.3) is 0 Å². The van der Waals surface area contributed by atoms with E-state index in [-0.39, 0.29) is 0 Å². The summed E-state index contributed by atoms with van der Waals surface area (Å²) in [5.41, 5.74) is 3.29. The van der Waals surface area contributed by atoms with Gasteiger partial charge < -0.3 is 0 Å². The highest BCUT2D eigenvalue weighted by Crippen LogP contribution is 2.36. The summed E-state index contributed by atoms with van der Waals surface area (Å²) in [6.07, 6.45) is 17.3. The zero-order chi connectivity index (χ0) is 13.6. The topological polar surface area (TPSA) is 0 Å². The van der Waals surface area contributed by atoms with Gasteiger partial charge in [-0.3, -0.25) is 0 Å². The highest BCUT2D eigenvalue weighted by Gasteiger charge is 2.18. The molecule has 0 spiro atoms. The fraction of sp³-hybridized carbons (Fsp3) is 0.700. The molecule has 1 aromatic carbocycles. The van der Waals surface area contributed by atoms with Crippen LogP contribution in [0, 0.1) is 0 Å². The predicted molar refractivity (Wildman–Crippen MR) is 87.3 cm³/mol. The molecule has 0 bridgehead atoms. The quantitative estimate of drug-likeness (QED) is 0.570. The Morgan fingerprint density at radius 2 is 0.950 bits per heavy atom. The molecule has 2 aliphatic carbocycles. The van der Waals surface area contributed by atoms with E-state index in [1.165, 1.54) is 77.0 Å². The maximum atomic E-state index is 2.57. The Labute approximate surface area is 125 Å². The SMILES string of the molecule is c1cc(C2CCCCCCC2)cc(C2CCCCC2)c1. The molecule has 0 radical (unpaired) electrons. The number of hydrogen-bond acceptors (Lipinski definition) is 0. The third-order valence-corrected chi connectivity index (χ3v) is 5.56. The van der Waals surface area contributed by atoms with Crippen LogP contribution in [-0.4, -0.2) is 0 Å². The average Bonchev–Trinajstić information content (AvgIpc) is 2.48. The lowest BCUT2D eigenvalue weighted by Gasteiger charge is -2.25. The molecule has 1 aromatic rings. The molecule has 2 aliphatic rings. The van der Waals surface area contributed by atoms with Crippen LogP contribution in [0.4, 0.5) is 0 Å². The summed E-state index contributed by atoms with van der Waals surface area (Å²) in [7, 11) is 0. The van der Waals surface area contributed by atoms with Crippen molar-refractivity contribution in [1.82, 2.24) is 0 Å². The van der Waals surface area contributed by atoms with E-state index in [0.29, 0.717) is 0 Å². The van der Waals surface area contributed by atoms with E-state index in [4.69, 9.17) is 0 Å². The van der Waals surface area contributed by atoms with E-state index in [0.717, 1.165) is 11.8 Å². The maximum Gasteiger partial charge on any atom is -0.0162 e. The maximum absolute atomic E-state index is 2.57. The lowest BCUT2D eigenvalue weighted by atomic mass is 9.81. The van der Waals surface area contributed by atoms with E-state index in [1.807, 2.05) is 0 Å². The highest BCUT2D eigenvalue weighted by atomic mass is 14.2. The van der Waals surface area contributed by atoms with Gasteiger partial charge in [0, 0.05) is 0 Å². The van der Waals surface area contributed by atoms with Crippen LogP contribution in [-0.2, 0) is 0 Å². The molecule has 3 rings (SSSR count). The molecule has 0 nitrogen and oxygen atoms in total. The summed E-state index contributed by atoms with van der Waals surface area (Å²) in [5.74, 6) is 1.70. The van der Waals surface area contributed by atoms with Crippen molar-refractivity contribution in [2.75, 3.05) is 0 Å². The standard InChI is InChI=1S/C20H30/c1-2-5-10-17(11-6-3-1)19-14-9-15-20(16-19)18-12-7-4-8-13-18/h9,14-18H,1-8,10-13H2. The van der Waals surface area contributed by atoms with Crippen LogP contribution in [0.5, 0.6) is 0 Å². The first-order valence-electron chi connectivity index (χ1n) is 9.03. The molecule has 0 aliphatic heterocycles. The van der Waals surface area contributed by atoms with Crippen molar-refractivity contribution >= 4 is 0 Å². The summed E-state index contributed by atoms with van der Waals surface area (Å²) in [4.78, 5) is 0. The van der Waals surface area contributed by atoms with E-state index >= 15 is 0 Å². The minimum atomic E-state index is 0.846. The van der Waals surface area contributed by atoms with Crippen LogP contribution >= 0.6 is 0 Å². The van der Waals surface area contributed by atoms with Gasteiger partial charge >= 0.3 is 0 Å². The van der Waals surface area contributed by atoms with Crippen molar-refractivity contribution in [3.8, 4) is 0 Å². The molecule has 20 heavy (non-hydrogen) atoms. The van der Waals surface area contributed by atoms with Gasteiger partial charge in [0.05, 0.1) is 0 Å². The molecule has 0 heterocycles. The van der Waals surface area contributed by atoms with E-state index in [9.17, 15) is 0 Å². The molecule has 0 saturated heterocycles. The molecule has 0 aromatic heterocycles. The second-order valence-electron chi connectivity index (χ2n) is 7.05. The molecule has 2 fully saturated rings. The van der Waals surface area contributed by atoms with Crippen molar-refractivity contribution < 1.29 is 0 Å². The monoisotopic (exact) mass is 270 g/mol. The van der Waals surface area contributed by atoms with Crippen molar-refractivity contribution in [2.45, 2.75) is 88.9 Å². The zero-order valence-corrected chi connectivity index (χ0v) is 12.9. The molecule has 0 unspecified atom stereocenters. The smallest absolute Gasteiger partial charge is 0.0162 e. The first-order chi connectivity index (χ1) is 9.93. The Morgan fingerprint density at radius 1 is 0.550 bits per heavy atom. The normalized spacial score (nSPS) is 23.2. The van der Waals surface area contributed by atoms with Gasteiger partial charge in [-0.2, -0.15) is 0 Å². The van der Waals surface area contributed by atoms with Gasteiger partial charge in [-0.1, -0.05) is 75.6 Å². The summed E-state index contributed by atoms with van der Waals surface area (Å²) < 4.78 is 0. The second kappa shape index (κ2) is 7.29. The van der Waals surface area contributed by atoms with Gasteiger partial charge in [-0.15, -0.1) is 0 Å². The fourth-order valence-corrected chi connectivity index (χ4v) is 4.29. The van der Waals surface area contributed by atoms with Crippen LogP contribution < -0.4 is 0 Å². The van der Waals surface area contributed by atoms with Gasteiger partial charge in [-0.25, -0.2) is 0 Å². The second-order valence-corrected chi connectivity index (χ2v) is 7.05. The molecule has 2 saturated carbocycles.